The molecule has 0 N–H and O–H groups in total. The van der Waals surface area contributed by atoms with Crippen molar-refractivity contribution in [2.24, 2.45) is 23.7 Å². The molecule has 222 valence electrons. The SMILES string of the molecule is CCCCCc1ccc2cc(-c3ccc(C4CCC(CCC5CCC(C(CC)COC)CC5)CC4)cc3)ccc2c1. The van der Waals surface area contributed by atoms with Crippen LogP contribution in [0.15, 0.2) is 60.7 Å². The normalized spacial score (nSPS) is 24.0. The van der Waals surface area contributed by atoms with E-state index in [9.17, 15) is 0 Å². The van der Waals surface area contributed by atoms with Gasteiger partial charge in [0.15, 0.2) is 0 Å². The molecule has 3 aromatic rings. The molecule has 0 spiro atoms. The van der Waals surface area contributed by atoms with Crippen molar-refractivity contribution in [2.75, 3.05) is 13.7 Å². The molecule has 0 aromatic heterocycles. The number of hydrogen-bond acceptors (Lipinski definition) is 1. The highest BCUT2D eigenvalue weighted by atomic mass is 16.5. The molecule has 3 aromatic carbocycles. The summed E-state index contributed by atoms with van der Waals surface area (Å²) >= 11 is 0. The van der Waals surface area contributed by atoms with Crippen LogP contribution in [-0.4, -0.2) is 13.7 Å². The molecule has 1 nitrogen and oxygen atoms in total. The van der Waals surface area contributed by atoms with Crippen molar-refractivity contribution in [2.45, 2.75) is 116 Å². The van der Waals surface area contributed by atoms with E-state index in [0.717, 1.165) is 36.2 Å². The zero-order chi connectivity index (χ0) is 28.4. The number of fused-ring (bicyclic) bond motifs is 1. The van der Waals surface area contributed by atoms with Gasteiger partial charge in [0.25, 0.3) is 0 Å². The second-order valence-corrected chi connectivity index (χ2v) is 13.7. The van der Waals surface area contributed by atoms with Gasteiger partial charge in [-0.1, -0.05) is 113 Å². The summed E-state index contributed by atoms with van der Waals surface area (Å²) in [6.45, 7) is 5.58. The monoisotopic (exact) mass is 552 g/mol. The van der Waals surface area contributed by atoms with Crippen molar-refractivity contribution in [1.82, 2.24) is 0 Å². The zero-order valence-corrected chi connectivity index (χ0v) is 26.4. The third-order valence-corrected chi connectivity index (χ3v) is 11.0. The maximum atomic E-state index is 5.50. The predicted octanol–water partition coefficient (Wildman–Crippen LogP) is 11.8. The molecular formula is C40H56O. The molecule has 2 saturated carbocycles. The first kappa shape index (κ1) is 30.3. The van der Waals surface area contributed by atoms with Gasteiger partial charge in [0, 0.05) is 13.7 Å². The Morgan fingerprint density at radius 1 is 0.683 bits per heavy atom. The van der Waals surface area contributed by atoms with Gasteiger partial charge in [0.1, 0.15) is 0 Å². The van der Waals surface area contributed by atoms with E-state index in [1.807, 2.05) is 7.11 Å². The van der Waals surface area contributed by atoms with E-state index in [-0.39, 0.29) is 0 Å². The Kier molecular flexibility index (Phi) is 11.4. The molecule has 0 saturated heterocycles. The van der Waals surface area contributed by atoms with Gasteiger partial charge < -0.3 is 4.74 Å². The van der Waals surface area contributed by atoms with Crippen LogP contribution in [0.25, 0.3) is 21.9 Å². The summed E-state index contributed by atoms with van der Waals surface area (Å²) in [7, 11) is 1.87. The number of aryl methyl sites for hydroxylation is 1. The van der Waals surface area contributed by atoms with Gasteiger partial charge in [0.05, 0.1) is 0 Å². The molecule has 0 bridgehead atoms. The number of benzene rings is 3. The van der Waals surface area contributed by atoms with Gasteiger partial charge >= 0.3 is 0 Å². The molecule has 2 aliphatic carbocycles. The third-order valence-electron chi connectivity index (χ3n) is 11.0. The molecule has 0 aliphatic heterocycles. The minimum atomic E-state index is 0.755. The first-order chi connectivity index (χ1) is 20.2. The molecule has 0 amide bonds. The minimum Gasteiger partial charge on any atom is -0.384 e. The molecule has 0 heterocycles. The second-order valence-electron chi connectivity index (χ2n) is 13.7. The summed E-state index contributed by atoms with van der Waals surface area (Å²) in [5, 5.41) is 2.73. The van der Waals surface area contributed by atoms with Crippen LogP contribution in [0, 0.1) is 23.7 Å². The third kappa shape index (κ3) is 8.25. The summed E-state index contributed by atoms with van der Waals surface area (Å²) < 4.78 is 5.50. The first-order valence-corrected chi connectivity index (χ1v) is 17.3. The van der Waals surface area contributed by atoms with Crippen LogP contribution in [0.5, 0.6) is 0 Å². The summed E-state index contributed by atoms with van der Waals surface area (Å²) in [5.41, 5.74) is 5.72. The van der Waals surface area contributed by atoms with Crippen molar-refractivity contribution < 1.29 is 4.74 Å². The highest BCUT2D eigenvalue weighted by molar-refractivity contribution is 5.87. The summed E-state index contributed by atoms with van der Waals surface area (Å²) in [4.78, 5) is 0. The van der Waals surface area contributed by atoms with Gasteiger partial charge in [-0.15, -0.1) is 0 Å². The lowest BCUT2D eigenvalue weighted by atomic mass is 9.72. The molecule has 5 rings (SSSR count). The van der Waals surface area contributed by atoms with Gasteiger partial charge in [-0.3, -0.25) is 0 Å². The number of ether oxygens (including phenoxy) is 1. The quantitative estimate of drug-likeness (QED) is 0.192. The van der Waals surface area contributed by atoms with Gasteiger partial charge in [-0.25, -0.2) is 0 Å². The fourth-order valence-corrected chi connectivity index (χ4v) is 8.16. The fraction of sp³-hybridized carbons (Fsp3) is 0.600. The lowest BCUT2D eigenvalue weighted by Crippen LogP contribution is -2.25. The van der Waals surface area contributed by atoms with E-state index in [1.165, 1.54) is 124 Å². The molecule has 2 fully saturated rings. The fourth-order valence-electron chi connectivity index (χ4n) is 8.16. The van der Waals surface area contributed by atoms with Gasteiger partial charge in [-0.05, 0) is 120 Å². The lowest BCUT2D eigenvalue weighted by molar-refractivity contribution is 0.0906. The van der Waals surface area contributed by atoms with E-state index in [2.05, 4.69) is 74.5 Å². The molecule has 41 heavy (non-hydrogen) atoms. The van der Waals surface area contributed by atoms with Crippen LogP contribution >= 0.6 is 0 Å². The molecular weight excluding hydrogens is 496 g/mol. The van der Waals surface area contributed by atoms with Crippen LogP contribution < -0.4 is 0 Å². The number of hydrogen-bond donors (Lipinski definition) is 0. The van der Waals surface area contributed by atoms with E-state index in [0.29, 0.717) is 0 Å². The average molecular weight is 553 g/mol. The Hall–Kier alpha value is -2.12. The standard InChI is InChI=1S/C40H56O/c1-4-6-7-8-32-15-20-40-28-39(26-25-38(40)27-32)37-23-21-36(22-24-37)35-18-13-31(14-19-35)10-9-30-11-16-34(17-12-30)33(5-2)29-41-3/h15,20-28,30-31,33-35H,4-14,16-19,29H2,1-3H3. The van der Waals surface area contributed by atoms with Crippen molar-refractivity contribution in [1.29, 1.82) is 0 Å². The summed E-state index contributed by atoms with van der Waals surface area (Å²) in [6, 6.07) is 23.6. The van der Waals surface area contributed by atoms with Crippen LogP contribution in [0.2, 0.25) is 0 Å². The van der Waals surface area contributed by atoms with Crippen LogP contribution in [0.1, 0.15) is 121 Å². The van der Waals surface area contributed by atoms with Crippen molar-refractivity contribution in [3.05, 3.63) is 71.8 Å². The van der Waals surface area contributed by atoms with E-state index in [4.69, 9.17) is 4.74 Å². The zero-order valence-electron chi connectivity index (χ0n) is 26.4. The second kappa shape index (κ2) is 15.4. The summed E-state index contributed by atoms with van der Waals surface area (Å²) in [5.74, 6) is 4.40. The average Bonchev–Trinajstić information content (AvgIpc) is 3.03. The molecule has 2 aliphatic rings. The highest BCUT2D eigenvalue weighted by Gasteiger charge is 2.28. The Labute approximate surface area is 251 Å². The van der Waals surface area contributed by atoms with E-state index in [1.54, 1.807) is 5.56 Å². The molecule has 1 heteroatoms. The van der Waals surface area contributed by atoms with E-state index < -0.39 is 0 Å². The highest BCUT2D eigenvalue weighted by Crippen LogP contribution is 2.41. The van der Waals surface area contributed by atoms with Crippen molar-refractivity contribution >= 4 is 10.8 Å². The van der Waals surface area contributed by atoms with Gasteiger partial charge in [-0.2, -0.15) is 0 Å². The smallest absolute Gasteiger partial charge is 0.0493 e. The summed E-state index contributed by atoms with van der Waals surface area (Å²) in [6.07, 6.45) is 20.7. The number of methoxy groups -OCH3 is 1. The van der Waals surface area contributed by atoms with Crippen molar-refractivity contribution in [3.63, 3.8) is 0 Å². The minimum absolute atomic E-state index is 0.755. The van der Waals surface area contributed by atoms with Crippen LogP contribution in [0.3, 0.4) is 0 Å². The van der Waals surface area contributed by atoms with Crippen LogP contribution in [0.4, 0.5) is 0 Å². The largest absolute Gasteiger partial charge is 0.384 e. The molecule has 0 radical (unpaired) electrons. The van der Waals surface area contributed by atoms with E-state index >= 15 is 0 Å². The molecule has 1 atom stereocenters. The Balaban J connectivity index is 1.07. The molecule has 1 unspecified atom stereocenters. The number of unbranched alkanes of at least 4 members (excludes halogenated alkanes) is 2. The van der Waals surface area contributed by atoms with Crippen molar-refractivity contribution in [3.8, 4) is 11.1 Å². The lowest BCUT2D eigenvalue weighted by Gasteiger charge is -2.34. The first-order valence-electron chi connectivity index (χ1n) is 17.3. The topological polar surface area (TPSA) is 9.23 Å². The predicted molar refractivity (Wildman–Crippen MR) is 178 cm³/mol. The van der Waals surface area contributed by atoms with Crippen LogP contribution in [-0.2, 0) is 11.2 Å². The Morgan fingerprint density at radius 3 is 1.98 bits per heavy atom. The van der Waals surface area contributed by atoms with Gasteiger partial charge in [0.2, 0.25) is 0 Å². The maximum Gasteiger partial charge on any atom is 0.0493 e. The Bertz CT molecular complexity index is 1180. The maximum absolute atomic E-state index is 5.50. The Morgan fingerprint density at radius 2 is 1.32 bits per heavy atom. The number of rotatable bonds is 13.